The molecule has 92 valence electrons. The monoisotopic (exact) mass is 246 g/mol. The van der Waals surface area contributed by atoms with Crippen molar-refractivity contribution in [2.45, 2.75) is 45.8 Å². The maximum Gasteiger partial charge on any atom is 0.133 e. The Balaban J connectivity index is 2.56. The molecule has 1 aromatic carbocycles. The lowest BCUT2D eigenvalue weighted by Gasteiger charge is -2.18. The minimum Gasteiger partial charge on any atom is -0.466 e. The van der Waals surface area contributed by atoms with E-state index in [4.69, 9.17) is 4.42 Å². The predicted molar refractivity (Wildman–Crippen MR) is 77.9 cm³/mol. The molecule has 1 heterocycles. The van der Waals surface area contributed by atoms with E-state index in [-0.39, 0.29) is 5.41 Å². The highest BCUT2D eigenvalue weighted by molar-refractivity contribution is 6.87. The first-order valence-electron chi connectivity index (χ1n) is 6.22. The Morgan fingerprint density at radius 1 is 1.00 bits per heavy atom. The van der Waals surface area contributed by atoms with Gasteiger partial charge >= 0.3 is 0 Å². The van der Waals surface area contributed by atoms with Crippen molar-refractivity contribution in [2.75, 3.05) is 0 Å². The van der Waals surface area contributed by atoms with E-state index in [9.17, 15) is 0 Å². The molecule has 2 rings (SSSR count). The number of benzene rings is 1. The summed E-state index contributed by atoms with van der Waals surface area (Å²) in [5.74, 6) is 0. The number of hydrogen-bond donors (Lipinski definition) is 0. The third kappa shape index (κ3) is 2.47. The lowest BCUT2D eigenvalue weighted by atomic mass is 9.87. The van der Waals surface area contributed by atoms with E-state index in [1.54, 1.807) is 0 Å². The molecule has 0 aliphatic carbocycles. The van der Waals surface area contributed by atoms with Crippen molar-refractivity contribution >= 4 is 24.4 Å². The van der Waals surface area contributed by atoms with Crippen LogP contribution in [0.5, 0.6) is 0 Å². The molecule has 0 saturated heterocycles. The average Bonchev–Trinajstić information content (AvgIpc) is 2.57. The molecular weight excluding hydrogens is 224 g/mol. The molecule has 0 radical (unpaired) electrons. The van der Waals surface area contributed by atoms with E-state index in [0.717, 1.165) is 5.58 Å². The Labute approximate surface area is 105 Å². The van der Waals surface area contributed by atoms with E-state index in [0.29, 0.717) is 0 Å². The Morgan fingerprint density at radius 2 is 1.65 bits per heavy atom. The van der Waals surface area contributed by atoms with Crippen LogP contribution in [0.3, 0.4) is 0 Å². The van der Waals surface area contributed by atoms with Gasteiger partial charge in [-0.3, -0.25) is 0 Å². The van der Waals surface area contributed by atoms with Gasteiger partial charge in [-0.15, -0.1) is 0 Å². The predicted octanol–water partition coefficient (Wildman–Crippen LogP) is 4.28. The lowest BCUT2D eigenvalue weighted by Crippen LogP contribution is -2.36. The smallest absolute Gasteiger partial charge is 0.133 e. The van der Waals surface area contributed by atoms with Gasteiger partial charge in [0.1, 0.15) is 13.7 Å². The molecule has 1 nitrogen and oxygen atoms in total. The van der Waals surface area contributed by atoms with Gasteiger partial charge in [-0.25, -0.2) is 0 Å². The quantitative estimate of drug-likeness (QED) is 0.685. The summed E-state index contributed by atoms with van der Waals surface area (Å²) in [6.45, 7) is 13.6. The standard InChI is InChI=1S/C15H22OSi/c1-15(2,3)12-8-7-11-9-14(17(4,5)6)16-13(11)10-12/h7-10H,1-6H3. The molecule has 0 aliphatic rings. The van der Waals surface area contributed by atoms with Crippen molar-refractivity contribution in [1.82, 2.24) is 0 Å². The van der Waals surface area contributed by atoms with Gasteiger partial charge in [-0.05, 0) is 23.1 Å². The summed E-state index contributed by atoms with van der Waals surface area (Å²) in [7, 11) is -1.35. The second-order valence-electron chi connectivity index (χ2n) is 6.86. The first-order chi connectivity index (χ1) is 7.68. The summed E-state index contributed by atoms with van der Waals surface area (Å²) in [4.78, 5) is 0. The van der Waals surface area contributed by atoms with Gasteiger partial charge in [-0.2, -0.15) is 0 Å². The lowest BCUT2D eigenvalue weighted by molar-refractivity contribution is 0.586. The van der Waals surface area contributed by atoms with Crippen LogP contribution in [0.4, 0.5) is 0 Å². The fourth-order valence-electron chi connectivity index (χ4n) is 1.87. The fraction of sp³-hybridized carbons (Fsp3) is 0.467. The Bertz CT molecular complexity index is 526. The van der Waals surface area contributed by atoms with Gasteiger partial charge < -0.3 is 4.42 Å². The van der Waals surface area contributed by atoms with Gasteiger partial charge in [0, 0.05) is 5.39 Å². The van der Waals surface area contributed by atoms with Crippen molar-refractivity contribution in [1.29, 1.82) is 0 Å². The summed E-state index contributed by atoms with van der Waals surface area (Å²) >= 11 is 0. The van der Waals surface area contributed by atoms with E-state index >= 15 is 0 Å². The largest absolute Gasteiger partial charge is 0.466 e. The van der Waals surface area contributed by atoms with E-state index < -0.39 is 8.07 Å². The first-order valence-corrected chi connectivity index (χ1v) is 9.72. The van der Waals surface area contributed by atoms with Crippen molar-refractivity contribution in [3.8, 4) is 0 Å². The molecule has 0 N–H and O–H groups in total. The van der Waals surface area contributed by atoms with E-state index in [1.807, 2.05) is 0 Å². The van der Waals surface area contributed by atoms with Crippen LogP contribution in [0, 0.1) is 0 Å². The first kappa shape index (κ1) is 12.4. The van der Waals surface area contributed by atoms with Crippen LogP contribution < -0.4 is 5.38 Å². The molecule has 0 spiro atoms. The summed E-state index contributed by atoms with van der Waals surface area (Å²) in [6.07, 6.45) is 0. The third-order valence-corrected chi connectivity index (χ3v) is 4.85. The number of rotatable bonds is 1. The van der Waals surface area contributed by atoms with Crippen LogP contribution in [-0.4, -0.2) is 8.07 Å². The van der Waals surface area contributed by atoms with Gasteiger partial charge in [0.2, 0.25) is 0 Å². The fourth-order valence-corrected chi connectivity index (χ4v) is 2.87. The minimum atomic E-state index is -1.35. The van der Waals surface area contributed by atoms with Gasteiger partial charge in [0.05, 0.1) is 5.38 Å². The molecular formula is C15H22OSi. The summed E-state index contributed by atoms with van der Waals surface area (Å²) in [5.41, 5.74) is 2.55. The molecule has 1 aromatic heterocycles. The van der Waals surface area contributed by atoms with Crippen molar-refractivity contribution in [3.05, 3.63) is 29.8 Å². The molecule has 0 fully saturated rings. The minimum absolute atomic E-state index is 0.181. The van der Waals surface area contributed by atoms with Gasteiger partial charge in [0.25, 0.3) is 0 Å². The van der Waals surface area contributed by atoms with E-state index in [2.05, 4.69) is 64.7 Å². The van der Waals surface area contributed by atoms with Crippen LogP contribution in [0.25, 0.3) is 11.0 Å². The molecule has 0 unspecified atom stereocenters. The van der Waals surface area contributed by atoms with Crippen LogP contribution in [0.2, 0.25) is 19.6 Å². The Kier molecular flexibility index (Phi) is 2.73. The SMILES string of the molecule is CC(C)(C)c1ccc2cc([Si](C)(C)C)oc2c1. The molecule has 2 aromatic rings. The zero-order valence-electron chi connectivity index (χ0n) is 11.7. The molecule has 0 aliphatic heterocycles. The number of hydrogen-bond acceptors (Lipinski definition) is 1. The van der Waals surface area contributed by atoms with Crippen molar-refractivity contribution in [2.24, 2.45) is 0 Å². The second kappa shape index (κ2) is 3.74. The normalized spacial score (nSPS) is 13.3. The summed E-state index contributed by atoms with van der Waals surface area (Å²) < 4.78 is 6.03. The second-order valence-corrected chi connectivity index (χ2v) is 11.9. The molecule has 0 atom stereocenters. The molecule has 0 saturated carbocycles. The van der Waals surface area contributed by atoms with Crippen molar-refractivity contribution < 1.29 is 4.42 Å². The van der Waals surface area contributed by atoms with Gasteiger partial charge in [0.15, 0.2) is 0 Å². The third-order valence-electron chi connectivity index (χ3n) is 3.13. The number of furan rings is 1. The van der Waals surface area contributed by atoms with Crippen LogP contribution in [0.1, 0.15) is 26.3 Å². The van der Waals surface area contributed by atoms with Crippen molar-refractivity contribution in [3.63, 3.8) is 0 Å². The molecule has 17 heavy (non-hydrogen) atoms. The maximum atomic E-state index is 6.03. The number of fused-ring (bicyclic) bond motifs is 1. The summed E-state index contributed by atoms with van der Waals surface area (Å²) in [5, 5.41) is 2.42. The molecule has 0 amide bonds. The Hall–Kier alpha value is -1.02. The summed E-state index contributed by atoms with van der Waals surface area (Å²) in [6, 6.07) is 8.81. The van der Waals surface area contributed by atoms with Gasteiger partial charge in [-0.1, -0.05) is 52.5 Å². The topological polar surface area (TPSA) is 13.1 Å². The maximum absolute atomic E-state index is 6.03. The highest BCUT2D eigenvalue weighted by atomic mass is 28.3. The van der Waals surface area contributed by atoms with Crippen LogP contribution in [-0.2, 0) is 5.41 Å². The highest BCUT2D eigenvalue weighted by Gasteiger charge is 2.22. The Morgan fingerprint density at radius 3 is 2.18 bits per heavy atom. The van der Waals surface area contributed by atoms with E-state index in [1.165, 1.54) is 16.3 Å². The van der Waals surface area contributed by atoms with Crippen LogP contribution >= 0.6 is 0 Å². The highest BCUT2D eigenvalue weighted by Crippen LogP contribution is 2.26. The molecule has 2 heteroatoms. The average molecular weight is 246 g/mol. The molecule has 0 bridgehead atoms. The zero-order chi connectivity index (χ0) is 12.8. The van der Waals surface area contributed by atoms with Crippen LogP contribution in [0.15, 0.2) is 28.7 Å². The zero-order valence-corrected chi connectivity index (χ0v) is 12.7.